The summed E-state index contributed by atoms with van der Waals surface area (Å²) in [6.45, 7) is 0.803. The van der Waals surface area contributed by atoms with E-state index in [0.29, 0.717) is 11.8 Å². The maximum Gasteiger partial charge on any atom is 0.0923 e. The number of aromatic amines is 1. The number of nitrogens with one attached hydrogen (secondary N) is 1. The summed E-state index contributed by atoms with van der Waals surface area (Å²) >= 11 is 0. The van der Waals surface area contributed by atoms with Gasteiger partial charge in [0, 0.05) is 12.1 Å². The minimum Gasteiger partial charge on any atom is -0.351 e. The first kappa shape index (κ1) is 11.8. The summed E-state index contributed by atoms with van der Waals surface area (Å²) in [5.41, 5.74) is 6.67. The summed E-state index contributed by atoms with van der Waals surface area (Å²) in [5.74, 6) is 1.35. The first-order chi connectivity index (χ1) is 4.92. The van der Waals surface area contributed by atoms with Crippen LogP contribution < -0.4 is 5.73 Å². The largest absolute Gasteiger partial charge is 0.351 e. The van der Waals surface area contributed by atoms with Crippen LogP contribution >= 0.6 is 24.8 Å². The third-order valence-corrected chi connectivity index (χ3v) is 2.12. The Bertz CT molecular complexity index is 212. The van der Waals surface area contributed by atoms with E-state index in [4.69, 9.17) is 5.73 Å². The molecule has 1 aliphatic carbocycles. The maximum absolute atomic E-state index is 5.49. The second kappa shape index (κ2) is 4.70. The normalized spacial score (nSPS) is 25.4. The first-order valence-electron chi connectivity index (χ1n) is 3.60. The third kappa shape index (κ3) is 2.12. The molecular formula is C7H13Cl2N3. The molecular weight excluding hydrogens is 197 g/mol. The molecule has 70 valence electrons. The van der Waals surface area contributed by atoms with Gasteiger partial charge in [0.15, 0.2) is 0 Å². The van der Waals surface area contributed by atoms with E-state index < -0.39 is 0 Å². The third-order valence-electron chi connectivity index (χ3n) is 2.12. The average Bonchev–Trinajstić information content (AvgIpc) is 2.56. The Morgan fingerprint density at radius 1 is 1.58 bits per heavy atom. The smallest absolute Gasteiger partial charge is 0.0923 e. The number of hydrogen-bond donors (Lipinski definition) is 2. The Balaban J connectivity index is 0.000000605. The SMILES string of the molecule is Cl.Cl.NC[C@@H]1C[C@H]1c1c[nH]cn1. The highest BCUT2D eigenvalue weighted by atomic mass is 35.5. The van der Waals surface area contributed by atoms with Crippen LogP contribution in [0.25, 0.3) is 0 Å². The zero-order valence-electron chi connectivity index (χ0n) is 6.56. The second-order valence-corrected chi connectivity index (χ2v) is 2.83. The number of hydrogen-bond acceptors (Lipinski definition) is 2. The molecule has 2 rings (SSSR count). The minimum atomic E-state index is 0. The number of imidazole rings is 1. The van der Waals surface area contributed by atoms with Gasteiger partial charge in [0.05, 0.1) is 12.0 Å². The van der Waals surface area contributed by atoms with Crippen molar-refractivity contribution >= 4 is 24.8 Å². The van der Waals surface area contributed by atoms with E-state index in [1.165, 1.54) is 12.1 Å². The number of aromatic nitrogens is 2. The van der Waals surface area contributed by atoms with Crippen LogP contribution in [0.3, 0.4) is 0 Å². The molecule has 0 radical (unpaired) electrons. The van der Waals surface area contributed by atoms with Crippen molar-refractivity contribution in [2.24, 2.45) is 11.7 Å². The molecule has 1 aromatic heterocycles. The lowest BCUT2D eigenvalue weighted by atomic mass is 10.2. The highest BCUT2D eigenvalue weighted by Gasteiger charge is 2.38. The van der Waals surface area contributed by atoms with E-state index in [1.807, 2.05) is 6.20 Å². The molecule has 0 spiro atoms. The number of rotatable bonds is 2. The molecule has 3 nitrogen and oxygen atoms in total. The quantitative estimate of drug-likeness (QED) is 0.773. The molecule has 0 bridgehead atoms. The first-order valence-corrected chi connectivity index (χ1v) is 3.60. The molecule has 0 saturated heterocycles. The summed E-state index contributed by atoms with van der Waals surface area (Å²) < 4.78 is 0. The van der Waals surface area contributed by atoms with Crippen molar-refractivity contribution in [3.8, 4) is 0 Å². The highest BCUT2D eigenvalue weighted by Crippen LogP contribution is 2.45. The number of nitrogens with two attached hydrogens (primary N) is 1. The Morgan fingerprint density at radius 3 is 2.75 bits per heavy atom. The van der Waals surface area contributed by atoms with Gasteiger partial charge in [-0.3, -0.25) is 0 Å². The van der Waals surface area contributed by atoms with Crippen molar-refractivity contribution in [1.29, 1.82) is 0 Å². The molecule has 1 fully saturated rings. The lowest BCUT2D eigenvalue weighted by Crippen LogP contribution is -2.01. The van der Waals surface area contributed by atoms with E-state index in [0.717, 1.165) is 6.54 Å². The van der Waals surface area contributed by atoms with Gasteiger partial charge in [-0.25, -0.2) is 4.98 Å². The summed E-state index contributed by atoms with van der Waals surface area (Å²) in [7, 11) is 0. The number of nitrogens with zero attached hydrogens (tertiary/aromatic N) is 1. The average molecular weight is 210 g/mol. The van der Waals surface area contributed by atoms with Crippen molar-refractivity contribution in [1.82, 2.24) is 9.97 Å². The highest BCUT2D eigenvalue weighted by molar-refractivity contribution is 5.85. The molecule has 1 heterocycles. The Labute approximate surface area is 84.0 Å². The molecule has 0 unspecified atom stereocenters. The lowest BCUT2D eigenvalue weighted by Gasteiger charge is -1.88. The Morgan fingerprint density at radius 2 is 2.33 bits per heavy atom. The van der Waals surface area contributed by atoms with Crippen molar-refractivity contribution in [2.75, 3.05) is 6.54 Å². The van der Waals surface area contributed by atoms with Crippen molar-refractivity contribution in [2.45, 2.75) is 12.3 Å². The molecule has 1 aliphatic rings. The predicted molar refractivity (Wildman–Crippen MR) is 53.0 cm³/mol. The molecule has 12 heavy (non-hydrogen) atoms. The number of halogens is 2. The van der Waals surface area contributed by atoms with Gasteiger partial charge in [-0.05, 0) is 18.9 Å². The van der Waals surface area contributed by atoms with Gasteiger partial charge < -0.3 is 10.7 Å². The standard InChI is InChI=1S/C7H11N3.2ClH/c8-2-5-1-6(5)7-3-9-4-10-7;;/h3-6H,1-2,8H2,(H,9,10);2*1H/t5-,6+;;/m0../s1. The van der Waals surface area contributed by atoms with Crippen LogP contribution in [0, 0.1) is 5.92 Å². The molecule has 0 amide bonds. The Hall–Kier alpha value is -0.250. The van der Waals surface area contributed by atoms with Crippen LogP contribution in [0.4, 0.5) is 0 Å². The van der Waals surface area contributed by atoms with Crippen LogP contribution in [0.1, 0.15) is 18.0 Å². The summed E-state index contributed by atoms with van der Waals surface area (Å²) in [4.78, 5) is 7.11. The monoisotopic (exact) mass is 209 g/mol. The molecule has 2 atom stereocenters. The van der Waals surface area contributed by atoms with E-state index in [9.17, 15) is 0 Å². The van der Waals surface area contributed by atoms with Crippen molar-refractivity contribution in [3.05, 3.63) is 18.2 Å². The van der Waals surface area contributed by atoms with Gasteiger partial charge >= 0.3 is 0 Å². The topological polar surface area (TPSA) is 54.7 Å². The van der Waals surface area contributed by atoms with E-state index in [-0.39, 0.29) is 24.8 Å². The van der Waals surface area contributed by atoms with Gasteiger partial charge in [0.2, 0.25) is 0 Å². The lowest BCUT2D eigenvalue weighted by molar-refractivity contribution is 0.800. The van der Waals surface area contributed by atoms with Gasteiger partial charge in [-0.15, -0.1) is 24.8 Å². The fourth-order valence-corrected chi connectivity index (χ4v) is 1.34. The van der Waals surface area contributed by atoms with Crippen molar-refractivity contribution < 1.29 is 0 Å². The van der Waals surface area contributed by atoms with Gasteiger partial charge in [-0.1, -0.05) is 0 Å². The van der Waals surface area contributed by atoms with Crippen LogP contribution in [0.2, 0.25) is 0 Å². The van der Waals surface area contributed by atoms with Crippen LogP contribution in [0.5, 0.6) is 0 Å². The van der Waals surface area contributed by atoms with E-state index in [1.54, 1.807) is 6.33 Å². The minimum absolute atomic E-state index is 0. The van der Waals surface area contributed by atoms with Gasteiger partial charge in [0.25, 0.3) is 0 Å². The molecule has 0 aromatic carbocycles. The van der Waals surface area contributed by atoms with Crippen LogP contribution in [0.15, 0.2) is 12.5 Å². The van der Waals surface area contributed by atoms with Crippen LogP contribution in [-0.4, -0.2) is 16.5 Å². The van der Waals surface area contributed by atoms with Gasteiger partial charge in [0.1, 0.15) is 0 Å². The summed E-state index contributed by atoms with van der Waals surface area (Å²) in [6.07, 6.45) is 4.91. The molecule has 1 saturated carbocycles. The van der Waals surface area contributed by atoms with E-state index in [2.05, 4.69) is 9.97 Å². The fourth-order valence-electron chi connectivity index (χ4n) is 1.34. The predicted octanol–water partition coefficient (Wildman–Crippen LogP) is 1.32. The Kier molecular flexibility index (Phi) is 4.60. The number of H-pyrrole nitrogens is 1. The molecule has 0 aliphatic heterocycles. The zero-order chi connectivity index (χ0) is 6.97. The van der Waals surface area contributed by atoms with Gasteiger partial charge in [-0.2, -0.15) is 0 Å². The van der Waals surface area contributed by atoms with E-state index >= 15 is 0 Å². The maximum atomic E-state index is 5.49. The fraction of sp³-hybridized carbons (Fsp3) is 0.571. The molecule has 3 N–H and O–H groups in total. The van der Waals surface area contributed by atoms with Crippen molar-refractivity contribution in [3.63, 3.8) is 0 Å². The second-order valence-electron chi connectivity index (χ2n) is 2.83. The zero-order valence-corrected chi connectivity index (χ0v) is 8.20. The molecule has 5 heteroatoms. The summed E-state index contributed by atoms with van der Waals surface area (Å²) in [5, 5.41) is 0. The summed E-state index contributed by atoms with van der Waals surface area (Å²) in [6, 6.07) is 0. The molecule has 1 aromatic rings. The van der Waals surface area contributed by atoms with Crippen LogP contribution in [-0.2, 0) is 0 Å².